The predicted molar refractivity (Wildman–Crippen MR) is 119 cm³/mol. The number of hydrogen-bond acceptors (Lipinski definition) is 7. The summed E-state index contributed by atoms with van der Waals surface area (Å²) in [6.07, 6.45) is 3.34. The van der Waals surface area contributed by atoms with Crippen LogP contribution in [0.2, 0.25) is 0 Å². The molecule has 2 unspecified atom stereocenters. The number of pyridine rings is 1. The second kappa shape index (κ2) is 8.14. The van der Waals surface area contributed by atoms with Gasteiger partial charge in [0, 0.05) is 42.3 Å². The Morgan fingerprint density at radius 1 is 1.09 bits per heavy atom. The van der Waals surface area contributed by atoms with Crippen molar-refractivity contribution in [2.75, 3.05) is 13.2 Å². The zero-order valence-electron chi connectivity index (χ0n) is 18.3. The number of amides is 3. The Hall–Kier alpha value is -3.92. The maximum absolute atomic E-state index is 12.9. The number of carbonyl (C=O) groups excluding carboxylic acids is 3. The lowest BCUT2D eigenvalue weighted by Gasteiger charge is -2.29. The summed E-state index contributed by atoms with van der Waals surface area (Å²) in [5.74, 6) is 0.0662. The third kappa shape index (κ3) is 3.56. The van der Waals surface area contributed by atoms with Gasteiger partial charge in [0.25, 0.3) is 5.91 Å². The van der Waals surface area contributed by atoms with Crippen LogP contribution < -0.4 is 5.32 Å². The van der Waals surface area contributed by atoms with E-state index in [1.54, 1.807) is 10.7 Å². The molecule has 1 aromatic carbocycles. The van der Waals surface area contributed by atoms with E-state index >= 15 is 0 Å². The molecule has 3 amide bonds. The largest absolute Gasteiger partial charge is 0.381 e. The minimum atomic E-state index is -0.634. The summed E-state index contributed by atoms with van der Waals surface area (Å²) in [7, 11) is 0. The number of ether oxygens (including phenoxy) is 1. The monoisotopic (exact) mass is 458 g/mol. The summed E-state index contributed by atoms with van der Waals surface area (Å²) in [5.41, 5.74) is 3.85. The van der Waals surface area contributed by atoms with Crippen LogP contribution in [0.3, 0.4) is 0 Å². The maximum Gasteiger partial charge on any atom is 0.255 e. The number of nitrogens with one attached hydrogen (secondary N) is 1. The number of nitrogens with zero attached hydrogens (tertiary/aromatic N) is 5. The van der Waals surface area contributed by atoms with Gasteiger partial charge in [0.05, 0.1) is 12.8 Å². The molecule has 34 heavy (non-hydrogen) atoms. The second-order valence-corrected chi connectivity index (χ2v) is 8.80. The Kier molecular flexibility index (Phi) is 4.95. The smallest absolute Gasteiger partial charge is 0.255 e. The van der Waals surface area contributed by atoms with Crippen molar-refractivity contribution < 1.29 is 19.1 Å². The van der Waals surface area contributed by atoms with Crippen LogP contribution in [0, 0.1) is 0 Å². The lowest BCUT2D eigenvalue weighted by atomic mass is 10.0. The molecule has 2 saturated heterocycles. The van der Waals surface area contributed by atoms with E-state index in [0.29, 0.717) is 42.6 Å². The fourth-order valence-electron chi connectivity index (χ4n) is 4.80. The third-order valence-corrected chi connectivity index (χ3v) is 6.65. The first-order chi connectivity index (χ1) is 16.6. The van der Waals surface area contributed by atoms with Gasteiger partial charge in [-0.05, 0) is 42.7 Å². The van der Waals surface area contributed by atoms with Gasteiger partial charge >= 0.3 is 0 Å². The number of hydrogen-bond donors (Lipinski definition) is 1. The number of aromatic nitrogens is 4. The standard InChI is InChI=1S/C24H22N6O4/c31-22-7-6-20(23(32)26-22)29-11-16-10-14(4-5-17(16)24(29)33)19-12-30(28-27-19)21-3-1-2-18(25-21)15-8-9-34-13-15/h1-5,10,12,15,20H,6-9,11,13H2,(H,26,31,32). The number of rotatable bonds is 4. The van der Waals surface area contributed by atoms with Crippen LogP contribution in [0.25, 0.3) is 17.1 Å². The van der Waals surface area contributed by atoms with E-state index in [0.717, 1.165) is 29.8 Å². The van der Waals surface area contributed by atoms with Crippen LogP contribution in [0.4, 0.5) is 0 Å². The van der Waals surface area contributed by atoms with Crippen LogP contribution in [0.1, 0.15) is 46.8 Å². The molecule has 6 rings (SSSR count). The molecule has 1 N–H and O–H groups in total. The molecule has 10 nitrogen and oxygen atoms in total. The fourth-order valence-corrected chi connectivity index (χ4v) is 4.80. The summed E-state index contributed by atoms with van der Waals surface area (Å²) in [6.45, 7) is 1.75. The Balaban J connectivity index is 1.24. The zero-order valence-corrected chi connectivity index (χ0v) is 18.3. The number of imide groups is 1. The van der Waals surface area contributed by atoms with E-state index in [4.69, 9.17) is 9.72 Å². The SMILES string of the molecule is O=C1CCC(N2Cc3cc(-c4cn(-c5cccc(C6CCOC6)n5)nn4)ccc3C2=O)C(=O)N1. The summed E-state index contributed by atoms with van der Waals surface area (Å²) in [5, 5.41) is 10.9. The topological polar surface area (TPSA) is 119 Å². The molecule has 3 aromatic rings. The first-order valence-corrected chi connectivity index (χ1v) is 11.3. The van der Waals surface area contributed by atoms with Crippen LogP contribution in [0.5, 0.6) is 0 Å². The maximum atomic E-state index is 12.9. The van der Waals surface area contributed by atoms with Gasteiger partial charge in [-0.15, -0.1) is 5.10 Å². The Labute approximate surface area is 194 Å². The molecule has 172 valence electrons. The molecular formula is C24H22N6O4. The Morgan fingerprint density at radius 2 is 2.00 bits per heavy atom. The van der Waals surface area contributed by atoms with Gasteiger partial charge in [-0.1, -0.05) is 17.3 Å². The van der Waals surface area contributed by atoms with Crippen molar-refractivity contribution in [3.63, 3.8) is 0 Å². The molecule has 2 atom stereocenters. The number of benzene rings is 1. The van der Waals surface area contributed by atoms with Crippen LogP contribution >= 0.6 is 0 Å². The number of fused-ring (bicyclic) bond motifs is 1. The molecule has 3 aliphatic rings. The van der Waals surface area contributed by atoms with Gasteiger partial charge in [0.15, 0.2) is 5.82 Å². The highest BCUT2D eigenvalue weighted by atomic mass is 16.5. The van der Waals surface area contributed by atoms with Gasteiger partial charge < -0.3 is 9.64 Å². The summed E-state index contributed by atoms with van der Waals surface area (Å²) < 4.78 is 7.12. The van der Waals surface area contributed by atoms with Crippen molar-refractivity contribution in [2.45, 2.75) is 37.8 Å². The van der Waals surface area contributed by atoms with Crippen molar-refractivity contribution in [1.82, 2.24) is 30.2 Å². The third-order valence-electron chi connectivity index (χ3n) is 6.65. The van der Waals surface area contributed by atoms with Crippen molar-refractivity contribution in [1.29, 1.82) is 0 Å². The van der Waals surface area contributed by atoms with E-state index in [1.165, 1.54) is 4.90 Å². The summed E-state index contributed by atoms with van der Waals surface area (Å²) >= 11 is 0. The first-order valence-electron chi connectivity index (χ1n) is 11.3. The Bertz CT molecular complexity index is 1310. The number of carbonyl (C=O) groups is 3. The van der Waals surface area contributed by atoms with Crippen LogP contribution in [-0.2, 0) is 20.9 Å². The Morgan fingerprint density at radius 3 is 2.82 bits per heavy atom. The molecule has 0 radical (unpaired) electrons. The summed E-state index contributed by atoms with van der Waals surface area (Å²) in [4.78, 5) is 42.9. The van der Waals surface area contributed by atoms with Crippen LogP contribution in [0.15, 0.2) is 42.6 Å². The minimum Gasteiger partial charge on any atom is -0.381 e. The molecule has 0 aliphatic carbocycles. The van der Waals surface area contributed by atoms with Crippen molar-refractivity contribution in [3.05, 3.63) is 59.4 Å². The van der Waals surface area contributed by atoms with E-state index in [-0.39, 0.29) is 18.2 Å². The molecule has 2 fully saturated rings. The highest BCUT2D eigenvalue weighted by Gasteiger charge is 2.39. The molecule has 3 aliphatic heterocycles. The van der Waals surface area contributed by atoms with E-state index in [2.05, 4.69) is 15.6 Å². The first kappa shape index (κ1) is 20.7. The molecular weight excluding hydrogens is 436 g/mol. The van der Waals surface area contributed by atoms with Crippen LogP contribution in [-0.4, -0.2) is 61.9 Å². The van der Waals surface area contributed by atoms with Gasteiger partial charge in [-0.2, -0.15) is 0 Å². The second-order valence-electron chi connectivity index (χ2n) is 8.80. The lowest BCUT2D eigenvalue weighted by Crippen LogP contribution is -2.52. The molecule has 0 spiro atoms. The quantitative estimate of drug-likeness (QED) is 0.590. The van der Waals surface area contributed by atoms with Crippen molar-refractivity contribution in [2.24, 2.45) is 0 Å². The van der Waals surface area contributed by atoms with Gasteiger partial charge in [0.2, 0.25) is 11.8 Å². The lowest BCUT2D eigenvalue weighted by molar-refractivity contribution is -0.136. The molecule has 2 aromatic heterocycles. The highest BCUT2D eigenvalue weighted by molar-refractivity contribution is 6.05. The van der Waals surface area contributed by atoms with E-state index in [9.17, 15) is 14.4 Å². The molecule has 5 heterocycles. The zero-order chi connectivity index (χ0) is 23.2. The van der Waals surface area contributed by atoms with Gasteiger partial charge in [-0.3, -0.25) is 19.7 Å². The minimum absolute atomic E-state index is 0.198. The summed E-state index contributed by atoms with van der Waals surface area (Å²) in [6, 6.07) is 10.7. The average Bonchev–Trinajstić information content (AvgIpc) is 3.60. The van der Waals surface area contributed by atoms with E-state index < -0.39 is 11.9 Å². The normalized spacial score (nSPS) is 22.2. The highest BCUT2D eigenvalue weighted by Crippen LogP contribution is 2.31. The van der Waals surface area contributed by atoms with Gasteiger partial charge in [-0.25, -0.2) is 9.67 Å². The number of piperidine rings is 1. The van der Waals surface area contributed by atoms with Crippen molar-refractivity contribution >= 4 is 17.7 Å². The van der Waals surface area contributed by atoms with Gasteiger partial charge in [0.1, 0.15) is 11.7 Å². The van der Waals surface area contributed by atoms with E-state index in [1.807, 2.05) is 36.5 Å². The molecule has 10 heteroatoms. The fraction of sp³-hybridized carbons (Fsp3) is 0.333. The van der Waals surface area contributed by atoms with Crippen molar-refractivity contribution in [3.8, 4) is 17.1 Å². The molecule has 0 bridgehead atoms. The predicted octanol–water partition coefficient (Wildman–Crippen LogP) is 1.59. The average molecular weight is 458 g/mol. The molecule has 0 saturated carbocycles.